The zero-order valence-corrected chi connectivity index (χ0v) is 10.5. The van der Waals surface area contributed by atoms with E-state index in [1.54, 1.807) is 12.1 Å². The van der Waals surface area contributed by atoms with Gasteiger partial charge in [-0.3, -0.25) is 0 Å². The number of hydrogen-bond acceptors (Lipinski definition) is 3. The van der Waals surface area contributed by atoms with E-state index >= 15 is 0 Å². The number of ether oxygens (including phenoxy) is 1. The summed E-state index contributed by atoms with van der Waals surface area (Å²) in [5.41, 5.74) is -0.0309. The SMILES string of the molecule is CC(C)(C)NCC(O)COc1ccc(F)cc1. The highest BCUT2D eigenvalue weighted by Gasteiger charge is 2.12. The topological polar surface area (TPSA) is 41.5 Å². The number of benzene rings is 1. The second kappa shape index (κ2) is 5.98. The quantitative estimate of drug-likeness (QED) is 0.828. The Morgan fingerprint density at radius 2 is 1.88 bits per heavy atom. The lowest BCUT2D eigenvalue weighted by molar-refractivity contribution is 0.100. The van der Waals surface area contributed by atoms with Crippen LogP contribution in [-0.2, 0) is 0 Å². The first kappa shape index (κ1) is 13.9. The molecule has 0 saturated heterocycles. The minimum absolute atomic E-state index is 0.0309. The standard InChI is InChI=1S/C13H20FNO2/c1-13(2,3)15-8-11(16)9-17-12-6-4-10(14)5-7-12/h4-7,11,15-16H,8-9H2,1-3H3. The maximum Gasteiger partial charge on any atom is 0.123 e. The molecule has 0 saturated carbocycles. The molecule has 0 aliphatic carbocycles. The molecule has 0 aliphatic rings. The maximum absolute atomic E-state index is 12.6. The number of rotatable bonds is 5. The van der Waals surface area contributed by atoms with E-state index in [9.17, 15) is 9.50 Å². The fourth-order valence-corrected chi connectivity index (χ4v) is 1.21. The van der Waals surface area contributed by atoms with Gasteiger partial charge in [0.15, 0.2) is 0 Å². The molecular weight excluding hydrogens is 221 g/mol. The van der Waals surface area contributed by atoms with Crippen LogP contribution in [0.25, 0.3) is 0 Å². The molecule has 0 fully saturated rings. The lowest BCUT2D eigenvalue weighted by Gasteiger charge is -2.22. The third-order valence-electron chi connectivity index (χ3n) is 2.12. The van der Waals surface area contributed by atoms with Crippen LogP contribution in [0.1, 0.15) is 20.8 Å². The Balaban J connectivity index is 2.28. The molecule has 0 bridgehead atoms. The third kappa shape index (κ3) is 6.24. The number of hydrogen-bond donors (Lipinski definition) is 2. The van der Waals surface area contributed by atoms with Crippen molar-refractivity contribution < 1.29 is 14.2 Å². The molecule has 0 radical (unpaired) electrons. The second-order valence-corrected chi connectivity index (χ2v) is 5.05. The van der Waals surface area contributed by atoms with Crippen LogP contribution in [0.2, 0.25) is 0 Å². The van der Waals surface area contributed by atoms with Crippen LogP contribution in [0.5, 0.6) is 5.75 Å². The normalized spacial score (nSPS) is 13.5. The van der Waals surface area contributed by atoms with Gasteiger partial charge in [0.2, 0.25) is 0 Å². The summed E-state index contributed by atoms with van der Waals surface area (Å²) >= 11 is 0. The number of halogens is 1. The minimum Gasteiger partial charge on any atom is -0.491 e. The van der Waals surface area contributed by atoms with Gasteiger partial charge in [0, 0.05) is 12.1 Å². The summed E-state index contributed by atoms with van der Waals surface area (Å²) in [6.07, 6.45) is -0.584. The van der Waals surface area contributed by atoms with E-state index in [4.69, 9.17) is 4.74 Å². The van der Waals surface area contributed by atoms with Gasteiger partial charge in [0.25, 0.3) is 0 Å². The molecule has 0 aromatic heterocycles. The van der Waals surface area contributed by atoms with E-state index < -0.39 is 6.10 Å². The molecule has 1 atom stereocenters. The molecule has 1 aromatic rings. The highest BCUT2D eigenvalue weighted by Crippen LogP contribution is 2.11. The van der Waals surface area contributed by atoms with E-state index in [1.807, 2.05) is 20.8 Å². The highest BCUT2D eigenvalue weighted by atomic mass is 19.1. The molecule has 1 unspecified atom stereocenters. The van der Waals surface area contributed by atoms with E-state index in [2.05, 4.69) is 5.32 Å². The first-order valence-corrected chi connectivity index (χ1v) is 5.68. The van der Waals surface area contributed by atoms with Gasteiger partial charge in [-0.15, -0.1) is 0 Å². The van der Waals surface area contributed by atoms with Gasteiger partial charge in [-0.1, -0.05) is 0 Å². The predicted octanol–water partition coefficient (Wildman–Crippen LogP) is 1.95. The molecule has 1 aromatic carbocycles. The highest BCUT2D eigenvalue weighted by molar-refractivity contribution is 5.22. The number of β-amino-alcohol motifs (C(OH)–C–C–N with tert-alkyl or cyclic N) is 1. The van der Waals surface area contributed by atoms with Crippen LogP contribution >= 0.6 is 0 Å². The molecule has 17 heavy (non-hydrogen) atoms. The van der Waals surface area contributed by atoms with Crippen LogP contribution in [0.3, 0.4) is 0 Å². The Kier molecular flexibility index (Phi) is 4.90. The monoisotopic (exact) mass is 241 g/mol. The minimum atomic E-state index is -0.584. The van der Waals surface area contributed by atoms with Crippen LogP contribution in [0.4, 0.5) is 4.39 Å². The lowest BCUT2D eigenvalue weighted by Crippen LogP contribution is -2.42. The Morgan fingerprint density at radius 3 is 2.41 bits per heavy atom. The molecule has 3 nitrogen and oxygen atoms in total. The van der Waals surface area contributed by atoms with Crippen molar-refractivity contribution in [2.75, 3.05) is 13.2 Å². The van der Waals surface area contributed by atoms with Gasteiger partial charge in [-0.25, -0.2) is 4.39 Å². The van der Waals surface area contributed by atoms with Gasteiger partial charge in [-0.2, -0.15) is 0 Å². The van der Waals surface area contributed by atoms with E-state index in [0.717, 1.165) is 0 Å². The van der Waals surface area contributed by atoms with Crippen molar-refractivity contribution in [3.8, 4) is 5.75 Å². The molecule has 96 valence electrons. The molecule has 0 heterocycles. The smallest absolute Gasteiger partial charge is 0.123 e. The molecule has 4 heteroatoms. The second-order valence-electron chi connectivity index (χ2n) is 5.05. The summed E-state index contributed by atoms with van der Waals surface area (Å²) in [4.78, 5) is 0. The van der Waals surface area contributed by atoms with Crippen molar-refractivity contribution in [1.29, 1.82) is 0 Å². The maximum atomic E-state index is 12.6. The Labute approximate surface area is 102 Å². The average molecular weight is 241 g/mol. The Hall–Kier alpha value is -1.13. The third-order valence-corrected chi connectivity index (χ3v) is 2.12. The molecule has 0 aliphatic heterocycles. The van der Waals surface area contributed by atoms with Gasteiger partial charge in [0.1, 0.15) is 24.3 Å². The summed E-state index contributed by atoms with van der Waals surface area (Å²) in [7, 11) is 0. The number of aliphatic hydroxyl groups is 1. The first-order chi connectivity index (χ1) is 7.87. The van der Waals surface area contributed by atoms with E-state index in [1.165, 1.54) is 12.1 Å². The van der Waals surface area contributed by atoms with Crippen molar-refractivity contribution in [2.45, 2.75) is 32.4 Å². The fourth-order valence-electron chi connectivity index (χ4n) is 1.21. The van der Waals surface area contributed by atoms with E-state index in [0.29, 0.717) is 12.3 Å². The predicted molar refractivity (Wildman–Crippen MR) is 65.7 cm³/mol. The van der Waals surface area contributed by atoms with Crippen LogP contribution in [0, 0.1) is 5.82 Å². The zero-order valence-electron chi connectivity index (χ0n) is 10.5. The van der Waals surface area contributed by atoms with Crippen molar-refractivity contribution in [2.24, 2.45) is 0 Å². The van der Waals surface area contributed by atoms with Crippen molar-refractivity contribution in [3.05, 3.63) is 30.1 Å². The Bertz CT molecular complexity index is 332. The van der Waals surface area contributed by atoms with Crippen molar-refractivity contribution in [3.63, 3.8) is 0 Å². The average Bonchev–Trinajstić information content (AvgIpc) is 2.25. The summed E-state index contributed by atoms with van der Waals surface area (Å²) in [5.74, 6) is 0.258. The molecule has 0 amide bonds. The summed E-state index contributed by atoms with van der Waals surface area (Å²) in [6.45, 7) is 6.74. The molecule has 1 rings (SSSR count). The molecule has 2 N–H and O–H groups in total. The fraction of sp³-hybridized carbons (Fsp3) is 0.538. The van der Waals surface area contributed by atoms with Crippen LogP contribution in [0.15, 0.2) is 24.3 Å². The van der Waals surface area contributed by atoms with Crippen LogP contribution in [-0.4, -0.2) is 29.9 Å². The van der Waals surface area contributed by atoms with Gasteiger partial charge >= 0.3 is 0 Å². The van der Waals surface area contributed by atoms with Gasteiger partial charge < -0.3 is 15.2 Å². The van der Waals surface area contributed by atoms with E-state index in [-0.39, 0.29) is 18.0 Å². The van der Waals surface area contributed by atoms with Crippen molar-refractivity contribution in [1.82, 2.24) is 5.32 Å². The number of nitrogens with one attached hydrogen (secondary N) is 1. The largest absolute Gasteiger partial charge is 0.491 e. The Morgan fingerprint density at radius 1 is 1.29 bits per heavy atom. The van der Waals surface area contributed by atoms with Gasteiger partial charge in [0.05, 0.1) is 0 Å². The summed E-state index contributed by atoms with van der Waals surface area (Å²) in [6, 6.07) is 5.74. The van der Waals surface area contributed by atoms with Crippen LogP contribution < -0.4 is 10.1 Å². The van der Waals surface area contributed by atoms with Crippen molar-refractivity contribution >= 4 is 0 Å². The summed E-state index contributed by atoms with van der Waals surface area (Å²) < 4.78 is 18.0. The van der Waals surface area contributed by atoms with Gasteiger partial charge in [-0.05, 0) is 45.0 Å². The first-order valence-electron chi connectivity index (χ1n) is 5.68. The molecule has 0 spiro atoms. The molecular formula is C13H20FNO2. The summed E-state index contributed by atoms with van der Waals surface area (Å²) in [5, 5.41) is 12.8. The zero-order chi connectivity index (χ0) is 12.9. The lowest BCUT2D eigenvalue weighted by atomic mass is 10.1. The number of aliphatic hydroxyl groups excluding tert-OH is 1.